The topological polar surface area (TPSA) is 337 Å². The summed E-state index contributed by atoms with van der Waals surface area (Å²) >= 11 is 0. The minimum absolute atomic E-state index is 0. The summed E-state index contributed by atoms with van der Waals surface area (Å²) < 4.78 is 68.8. The Balaban J connectivity index is 0.000000323. The van der Waals surface area contributed by atoms with Gasteiger partial charge in [0.2, 0.25) is 0 Å². The van der Waals surface area contributed by atoms with Crippen molar-refractivity contribution in [1.82, 2.24) is 9.97 Å². The van der Waals surface area contributed by atoms with Gasteiger partial charge in [-0.15, -0.1) is 5.11 Å². The van der Waals surface area contributed by atoms with E-state index in [1.807, 2.05) is 0 Å². The molecule has 11 N–H and O–H groups in total. The van der Waals surface area contributed by atoms with Gasteiger partial charge < -0.3 is 31.2 Å². The number of aromatic amines is 4. The molecule has 0 aliphatic rings. The van der Waals surface area contributed by atoms with Crippen LogP contribution in [0.5, 0.6) is 5.75 Å². The Morgan fingerprint density at radius 1 is 0.750 bits per heavy atom. The lowest BCUT2D eigenvalue weighted by atomic mass is 10.1. The van der Waals surface area contributed by atoms with Gasteiger partial charge >= 0.3 is 11.4 Å². The molecular weight excluding hydrogens is 624 g/mol. The number of nitrogens with two attached hydrogens (primary N) is 2. The first-order valence-electron chi connectivity index (χ1n) is 11.6. The number of nitrogens with zero attached hydrogens (tertiary/aromatic N) is 2. The first kappa shape index (κ1) is 34.7. The lowest BCUT2D eigenvalue weighted by Crippen LogP contribution is -2.28. The third-order valence-corrected chi connectivity index (χ3v) is 6.73. The molecule has 44 heavy (non-hydrogen) atoms. The average Bonchev–Trinajstić information content (AvgIpc) is 2.92. The molecule has 2 aromatic heterocycles. The number of azo groups is 1. The van der Waals surface area contributed by atoms with Crippen LogP contribution in [0.25, 0.3) is 10.8 Å². The number of fused-ring (bicyclic) bond motifs is 1. The van der Waals surface area contributed by atoms with E-state index in [0.29, 0.717) is 23.4 Å². The highest BCUT2D eigenvalue weighted by atomic mass is 32.2. The number of aromatic nitrogens is 4. The number of rotatable bonds is 4. The number of phenolic OH excluding ortho intramolecular Hbond substituents is 1. The third kappa shape index (κ3) is 9.78. The lowest BCUT2D eigenvalue weighted by molar-refractivity contribution is -0.402. The number of aromatic hydroxyl groups is 1. The van der Waals surface area contributed by atoms with E-state index in [1.54, 1.807) is 42.5 Å². The molecule has 0 aliphatic heterocycles. The van der Waals surface area contributed by atoms with Crippen molar-refractivity contribution in [2.24, 2.45) is 10.2 Å². The standard InChI is InChI=1S/C16H12N2O7S2.2C4H5N3O.H2O/c19-13-7-6-10-8-12(26(20,21)22)9-14(27(23,24)25)15(10)16(13)18-17-11-4-2-1-3-5-11;2*5-3-1-2-6-4(8)7-3;/h1-9,19H,(H,20,21,22)(H,23,24,25);2*1-2H,(H3,5,6,7,8);1H2. The molecule has 0 amide bonds. The number of phenols is 1. The van der Waals surface area contributed by atoms with Crippen LogP contribution >= 0.6 is 0 Å². The molecule has 3 aromatic carbocycles. The second kappa shape index (κ2) is 14.6. The Kier molecular flexibility index (Phi) is 11.5. The maximum absolute atomic E-state index is 11.7. The number of nitrogens with one attached hydrogen (secondary N) is 4. The highest BCUT2D eigenvalue weighted by Crippen LogP contribution is 2.40. The number of benzene rings is 3. The van der Waals surface area contributed by atoms with Crippen LogP contribution in [0.15, 0.2) is 109 Å². The molecule has 0 saturated carbocycles. The largest absolute Gasteiger partial charge is 0.744 e. The van der Waals surface area contributed by atoms with Gasteiger partial charge in [-0.3, -0.25) is 0 Å². The summed E-state index contributed by atoms with van der Waals surface area (Å²) in [5.41, 5.74) is 9.83. The zero-order chi connectivity index (χ0) is 31.8. The maximum atomic E-state index is 11.7. The van der Waals surface area contributed by atoms with Crippen molar-refractivity contribution in [1.29, 1.82) is 0 Å². The Morgan fingerprint density at radius 2 is 1.30 bits per heavy atom. The van der Waals surface area contributed by atoms with Gasteiger partial charge in [-0.2, -0.15) is 24.7 Å². The summed E-state index contributed by atoms with van der Waals surface area (Å²) in [6.45, 7) is 0. The first-order valence-corrected chi connectivity index (χ1v) is 14.4. The van der Waals surface area contributed by atoms with Crippen molar-refractivity contribution >= 4 is 54.0 Å². The van der Waals surface area contributed by atoms with Gasteiger partial charge in [0.1, 0.15) is 31.7 Å². The van der Waals surface area contributed by atoms with E-state index in [9.17, 15) is 40.6 Å². The van der Waals surface area contributed by atoms with E-state index >= 15 is 0 Å². The normalized spacial score (nSPS) is 11.0. The van der Waals surface area contributed by atoms with Crippen molar-refractivity contribution in [2.75, 3.05) is 11.5 Å². The van der Waals surface area contributed by atoms with Crippen LogP contribution in [0.4, 0.5) is 23.0 Å². The molecular formula is C24H24N8O10S2. The molecule has 5 rings (SSSR count). The van der Waals surface area contributed by atoms with E-state index in [-0.39, 0.29) is 33.3 Å². The molecule has 0 fully saturated rings. The highest BCUT2D eigenvalue weighted by molar-refractivity contribution is 7.86. The minimum Gasteiger partial charge on any atom is -0.744 e. The number of hydrogen-bond acceptors (Lipinski definition) is 13. The summed E-state index contributed by atoms with van der Waals surface area (Å²) in [6, 6.07) is 15.1. The minimum atomic E-state index is -5.20. The van der Waals surface area contributed by atoms with E-state index in [2.05, 4.69) is 30.2 Å². The molecule has 0 radical (unpaired) electrons. The molecule has 0 atom stereocenters. The van der Waals surface area contributed by atoms with Crippen molar-refractivity contribution < 1.29 is 46.5 Å². The number of H-pyrrole nitrogens is 4. The van der Waals surface area contributed by atoms with Crippen LogP contribution in [-0.2, 0) is 20.2 Å². The van der Waals surface area contributed by atoms with Crippen molar-refractivity contribution in [3.8, 4) is 5.75 Å². The van der Waals surface area contributed by atoms with E-state index in [4.69, 9.17) is 11.5 Å². The van der Waals surface area contributed by atoms with Crippen molar-refractivity contribution in [3.05, 3.63) is 100 Å². The van der Waals surface area contributed by atoms with Gasteiger partial charge in [-0.25, -0.2) is 26.8 Å². The second-order valence-electron chi connectivity index (χ2n) is 8.17. The molecule has 0 saturated heterocycles. The highest BCUT2D eigenvalue weighted by Gasteiger charge is 2.18. The zero-order valence-corrected chi connectivity index (χ0v) is 23.7. The smallest absolute Gasteiger partial charge is 0.495 e. The summed E-state index contributed by atoms with van der Waals surface area (Å²) in [5, 5.41) is 17.3. The summed E-state index contributed by atoms with van der Waals surface area (Å²) in [6.07, 6.45) is 2.96. The van der Waals surface area contributed by atoms with Crippen LogP contribution in [0.2, 0.25) is 0 Å². The fourth-order valence-electron chi connectivity index (χ4n) is 3.25. The second-order valence-corrected chi connectivity index (χ2v) is 10.9. The summed E-state index contributed by atoms with van der Waals surface area (Å²) in [7, 11) is -10.2. The summed E-state index contributed by atoms with van der Waals surface area (Å²) in [4.78, 5) is 28.2. The Morgan fingerprint density at radius 3 is 1.73 bits per heavy atom. The Bertz CT molecular complexity index is 2070. The van der Waals surface area contributed by atoms with E-state index < -0.39 is 35.8 Å². The summed E-state index contributed by atoms with van der Waals surface area (Å²) in [5.74, 6) is 0.257. The average molecular weight is 649 g/mol. The quantitative estimate of drug-likeness (QED) is 0.122. The van der Waals surface area contributed by atoms with Crippen LogP contribution in [0.3, 0.4) is 0 Å². The van der Waals surface area contributed by atoms with Crippen LogP contribution in [0.1, 0.15) is 0 Å². The zero-order valence-electron chi connectivity index (χ0n) is 22.1. The molecule has 20 heteroatoms. The molecule has 0 unspecified atom stereocenters. The molecule has 0 bridgehead atoms. The molecule has 232 valence electrons. The third-order valence-electron chi connectivity index (χ3n) is 5.06. The number of nitrogen functional groups attached to an aromatic ring is 2. The van der Waals surface area contributed by atoms with Gasteiger partial charge in [0.15, 0.2) is 11.6 Å². The Labute approximate surface area is 247 Å². The van der Waals surface area contributed by atoms with Gasteiger partial charge in [-0.1, -0.05) is 24.3 Å². The fourth-order valence-corrected chi connectivity index (χ4v) is 4.59. The van der Waals surface area contributed by atoms with E-state index in [1.165, 1.54) is 12.4 Å². The molecule has 18 nitrogen and oxygen atoms in total. The first-order chi connectivity index (χ1) is 20.1. The van der Waals surface area contributed by atoms with Crippen molar-refractivity contribution in [3.63, 3.8) is 0 Å². The number of hydrogen-bond donors (Lipinski definition) is 5. The molecule has 0 spiro atoms. The van der Waals surface area contributed by atoms with Gasteiger partial charge in [0, 0.05) is 17.5 Å². The van der Waals surface area contributed by atoms with Gasteiger partial charge in [-0.05, 0) is 35.7 Å². The van der Waals surface area contributed by atoms with Crippen LogP contribution in [0, 0.1) is 0 Å². The predicted molar refractivity (Wildman–Crippen MR) is 152 cm³/mol. The lowest BCUT2D eigenvalue weighted by Gasteiger charge is -2.16. The molecule has 5 aromatic rings. The monoisotopic (exact) mass is 648 g/mol. The number of anilines is 2. The van der Waals surface area contributed by atoms with Crippen LogP contribution in [-0.4, -0.2) is 46.5 Å². The SMILES string of the molecule is Nc1cc[nH+]c(=O)[nH]1.Nc1cc[nH+]c(=O)[nH]1.O.O=S(=O)([O-])c1cc(S(=O)(=O)[O-])c2c(N=Nc3ccccc3)c(O)ccc2c1. The molecule has 2 heterocycles. The Hall–Kier alpha value is -5.54. The molecule has 0 aliphatic carbocycles. The fraction of sp³-hybridized carbons (Fsp3) is 0. The van der Waals surface area contributed by atoms with E-state index in [0.717, 1.165) is 18.2 Å². The van der Waals surface area contributed by atoms with Gasteiger partial charge in [0.25, 0.3) is 0 Å². The maximum Gasteiger partial charge on any atom is 0.495 e. The predicted octanol–water partition coefficient (Wildman–Crippen LogP) is -0.513. The van der Waals surface area contributed by atoms with Crippen LogP contribution < -0.4 is 32.8 Å². The van der Waals surface area contributed by atoms with Crippen molar-refractivity contribution in [2.45, 2.75) is 9.79 Å². The van der Waals surface area contributed by atoms with Gasteiger partial charge in [0.05, 0.1) is 27.9 Å².